The number of hydrogen-bond acceptors (Lipinski definition) is 4. The van der Waals surface area contributed by atoms with Crippen molar-refractivity contribution in [3.8, 4) is 0 Å². The molecule has 2 rings (SSSR count). The van der Waals surface area contributed by atoms with E-state index in [0.717, 1.165) is 4.90 Å². The average molecular weight is 272 g/mol. The Labute approximate surface area is 108 Å². The highest BCUT2D eigenvalue weighted by Gasteiger charge is 2.29. The van der Waals surface area contributed by atoms with Gasteiger partial charge >= 0.3 is 5.97 Å². The Bertz CT molecular complexity index is 478. The van der Waals surface area contributed by atoms with Gasteiger partial charge in [0.15, 0.2) is 0 Å². The normalized spacial score (nSPS) is 18.2. The van der Waals surface area contributed by atoms with Crippen LogP contribution >= 0.6 is 23.4 Å². The lowest BCUT2D eigenvalue weighted by Crippen LogP contribution is -2.31. The molecule has 0 aliphatic carbocycles. The Kier molecular flexibility index (Phi) is 3.59. The number of thioether (sulfide) groups is 1. The second kappa shape index (κ2) is 4.98. The number of halogens is 1. The van der Waals surface area contributed by atoms with Crippen molar-refractivity contribution in [2.75, 3.05) is 12.4 Å². The maximum absolute atomic E-state index is 11.7. The molecule has 0 aromatic heterocycles. The minimum atomic E-state index is -0.448. The molecule has 0 saturated heterocycles. The predicted molar refractivity (Wildman–Crippen MR) is 66.4 cm³/mol. The third kappa shape index (κ3) is 2.73. The highest BCUT2D eigenvalue weighted by Crippen LogP contribution is 2.38. The van der Waals surface area contributed by atoms with E-state index in [1.807, 2.05) is 6.07 Å². The maximum Gasteiger partial charge on any atom is 0.307 e. The van der Waals surface area contributed by atoms with Crippen LogP contribution in [0.4, 0.5) is 5.69 Å². The Balaban J connectivity index is 2.18. The fourth-order valence-corrected chi connectivity index (χ4v) is 2.74. The van der Waals surface area contributed by atoms with E-state index in [4.69, 9.17) is 11.6 Å². The Morgan fingerprint density at radius 1 is 1.59 bits per heavy atom. The molecule has 0 spiro atoms. The number of fused-ring (bicyclic) bond motifs is 1. The SMILES string of the molecule is COC(=O)CC1Sc2ccc(Cl)cc2NC1=O. The van der Waals surface area contributed by atoms with Crippen LogP contribution in [0.5, 0.6) is 0 Å². The van der Waals surface area contributed by atoms with Gasteiger partial charge in [0, 0.05) is 9.92 Å². The number of carbonyl (C=O) groups excluding carboxylic acids is 2. The summed E-state index contributed by atoms with van der Waals surface area (Å²) in [5, 5.41) is 2.85. The van der Waals surface area contributed by atoms with Crippen molar-refractivity contribution < 1.29 is 14.3 Å². The molecule has 1 aromatic carbocycles. The van der Waals surface area contributed by atoms with Crippen LogP contribution in [0.25, 0.3) is 0 Å². The Hall–Kier alpha value is -1.20. The quantitative estimate of drug-likeness (QED) is 0.839. The molecular weight excluding hydrogens is 262 g/mol. The van der Waals surface area contributed by atoms with E-state index in [-0.39, 0.29) is 12.3 Å². The lowest BCUT2D eigenvalue weighted by atomic mass is 10.2. The van der Waals surface area contributed by atoms with Crippen molar-refractivity contribution in [1.29, 1.82) is 0 Å². The van der Waals surface area contributed by atoms with Gasteiger partial charge < -0.3 is 10.1 Å². The minimum absolute atomic E-state index is 0.0646. The summed E-state index contributed by atoms with van der Waals surface area (Å²) in [4.78, 5) is 23.8. The highest BCUT2D eigenvalue weighted by atomic mass is 35.5. The highest BCUT2D eigenvalue weighted by molar-refractivity contribution is 8.01. The molecule has 1 unspecified atom stereocenters. The molecule has 1 aromatic rings. The van der Waals surface area contributed by atoms with Gasteiger partial charge in [-0.2, -0.15) is 0 Å². The molecule has 1 amide bonds. The number of methoxy groups -OCH3 is 1. The standard InChI is InChI=1S/C11H10ClNO3S/c1-16-10(14)5-9-11(15)13-7-4-6(12)2-3-8(7)17-9/h2-4,9H,5H2,1H3,(H,13,15). The summed E-state index contributed by atoms with van der Waals surface area (Å²) >= 11 is 7.18. The first-order valence-corrected chi connectivity index (χ1v) is 6.20. The van der Waals surface area contributed by atoms with Gasteiger partial charge in [-0.25, -0.2) is 0 Å². The molecule has 90 valence electrons. The van der Waals surface area contributed by atoms with Crippen LogP contribution in [0, 0.1) is 0 Å². The summed E-state index contributed by atoms with van der Waals surface area (Å²) in [5.41, 5.74) is 0.689. The zero-order valence-electron chi connectivity index (χ0n) is 9.03. The first kappa shape index (κ1) is 12.3. The molecule has 17 heavy (non-hydrogen) atoms. The fraction of sp³-hybridized carbons (Fsp3) is 0.273. The lowest BCUT2D eigenvalue weighted by Gasteiger charge is -2.23. The Morgan fingerprint density at radius 2 is 2.35 bits per heavy atom. The molecule has 0 bridgehead atoms. The third-order valence-electron chi connectivity index (χ3n) is 2.34. The van der Waals surface area contributed by atoms with Crippen molar-refractivity contribution in [3.63, 3.8) is 0 Å². The number of nitrogens with one attached hydrogen (secondary N) is 1. The summed E-state index contributed by atoms with van der Waals surface area (Å²) in [5.74, 6) is -0.592. The molecule has 4 nitrogen and oxygen atoms in total. The van der Waals surface area contributed by atoms with Crippen LogP contribution in [0.2, 0.25) is 5.02 Å². The number of amides is 1. The van der Waals surface area contributed by atoms with Gasteiger partial charge in [0.1, 0.15) is 0 Å². The van der Waals surface area contributed by atoms with Crippen LogP contribution in [0.3, 0.4) is 0 Å². The number of benzene rings is 1. The van der Waals surface area contributed by atoms with Crippen molar-refractivity contribution >= 4 is 40.9 Å². The molecule has 6 heteroatoms. The summed E-state index contributed by atoms with van der Waals surface area (Å²) in [6.45, 7) is 0. The van der Waals surface area contributed by atoms with Crippen LogP contribution in [0.1, 0.15) is 6.42 Å². The maximum atomic E-state index is 11.7. The van der Waals surface area contributed by atoms with Gasteiger partial charge in [0.2, 0.25) is 5.91 Å². The smallest absolute Gasteiger partial charge is 0.307 e. The molecule has 1 atom stereocenters. The van der Waals surface area contributed by atoms with Gasteiger partial charge in [-0.05, 0) is 18.2 Å². The average Bonchev–Trinajstić information content (AvgIpc) is 2.30. The number of rotatable bonds is 2. The minimum Gasteiger partial charge on any atom is -0.469 e. The Morgan fingerprint density at radius 3 is 3.06 bits per heavy atom. The summed E-state index contributed by atoms with van der Waals surface area (Å²) in [7, 11) is 1.31. The van der Waals surface area contributed by atoms with Crippen LogP contribution in [-0.4, -0.2) is 24.2 Å². The first-order chi connectivity index (χ1) is 8.10. The van der Waals surface area contributed by atoms with E-state index in [2.05, 4.69) is 10.1 Å². The van der Waals surface area contributed by atoms with E-state index in [1.54, 1.807) is 12.1 Å². The summed E-state index contributed by atoms with van der Waals surface area (Å²) in [6.07, 6.45) is 0.0646. The van der Waals surface area contributed by atoms with Crippen molar-refractivity contribution in [1.82, 2.24) is 0 Å². The van der Waals surface area contributed by atoms with Gasteiger partial charge in [-0.1, -0.05) is 11.6 Å². The molecule has 1 heterocycles. The number of carbonyl (C=O) groups is 2. The van der Waals surface area contributed by atoms with Gasteiger partial charge in [-0.3, -0.25) is 9.59 Å². The molecule has 0 fully saturated rings. The fourth-order valence-electron chi connectivity index (χ4n) is 1.49. The van der Waals surface area contributed by atoms with Gasteiger partial charge in [0.05, 0.1) is 24.5 Å². The van der Waals surface area contributed by atoms with Gasteiger partial charge in [-0.15, -0.1) is 11.8 Å². The third-order valence-corrected chi connectivity index (χ3v) is 3.85. The number of ether oxygens (including phenoxy) is 1. The van der Waals surface area contributed by atoms with Crippen LogP contribution in [0.15, 0.2) is 23.1 Å². The van der Waals surface area contributed by atoms with E-state index >= 15 is 0 Å². The molecule has 0 saturated carbocycles. The monoisotopic (exact) mass is 271 g/mol. The van der Waals surface area contributed by atoms with Crippen LogP contribution < -0.4 is 5.32 Å². The van der Waals surface area contributed by atoms with E-state index < -0.39 is 11.2 Å². The predicted octanol–water partition coefficient (Wildman–Crippen LogP) is 2.32. The molecular formula is C11H10ClNO3S. The van der Waals surface area contributed by atoms with Crippen molar-refractivity contribution in [2.24, 2.45) is 0 Å². The van der Waals surface area contributed by atoms with E-state index in [0.29, 0.717) is 10.7 Å². The topological polar surface area (TPSA) is 55.4 Å². The molecule has 0 radical (unpaired) electrons. The lowest BCUT2D eigenvalue weighted by molar-refractivity contribution is -0.141. The van der Waals surface area contributed by atoms with E-state index in [1.165, 1.54) is 18.9 Å². The largest absolute Gasteiger partial charge is 0.469 e. The molecule has 1 aliphatic heterocycles. The van der Waals surface area contributed by atoms with Gasteiger partial charge in [0.25, 0.3) is 0 Å². The van der Waals surface area contributed by atoms with Crippen molar-refractivity contribution in [2.45, 2.75) is 16.6 Å². The number of hydrogen-bond donors (Lipinski definition) is 1. The molecule has 1 N–H and O–H groups in total. The van der Waals surface area contributed by atoms with Crippen LogP contribution in [-0.2, 0) is 14.3 Å². The molecule has 1 aliphatic rings. The zero-order valence-corrected chi connectivity index (χ0v) is 10.6. The first-order valence-electron chi connectivity index (χ1n) is 4.94. The second-order valence-electron chi connectivity index (χ2n) is 3.52. The summed E-state index contributed by atoms with van der Waals surface area (Å²) in [6, 6.07) is 5.27. The summed E-state index contributed by atoms with van der Waals surface area (Å²) < 4.78 is 4.55. The van der Waals surface area contributed by atoms with E-state index in [9.17, 15) is 9.59 Å². The second-order valence-corrected chi connectivity index (χ2v) is 5.20. The number of esters is 1. The zero-order chi connectivity index (χ0) is 12.4. The van der Waals surface area contributed by atoms with Crippen molar-refractivity contribution in [3.05, 3.63) is 23.2 Å². The number of anilines is 1.